The molecule has 2 rings (SSSR count). The Kier molecular flexibility index (Phi) is 7.09. The Morgan fingerprint density at radius 2 is 1.96 bits per heavy atom. The van der Waals surface area contributed by atoms with Gasteiger partial charge in [0, 0.05) is 18.7 Å². The summed E-state index contributed by atoms with van der Waals surface area (Å²) in [7, 11) is 0. The molecule has 1 aliphatic rings. The lowest BCUT2D eigenvalue weighted by atomic mass is 9.96. The van der Waals surface area contributed by atoms with E-state index in [1.165, 1.54) is 0 Å². The maximum Gasteiger partial charge on any atom is 0.309 e. The quantitative estimate of drug-likeness (QED) is 0.687. The predicted molar refractivity (Wildman–Crippen MR) is 95.2 cm³/mol. The standard InChI is InChI=1S/C18H24BrNO4/c1-3-11-24-16-6-5-14(12-15(16)19)17(21)20-9-7-13(8-10-20)18(22)23-4-2/h5-6,12-13H,3-4,7-11H2,1-2H3. The third kappa shape index (κ3) is 4.72. The Labute approximate surface area is 151 Å². The van der Waals surface area contributed by atoms with Crippen LogP contribution in [-0.2, 0) is 9.53 Å². The van der Waals surface area contributed by atoms with Crippen LogP contribution in [-0.4, -0.2) is 43.1 Å². The van der Waals surface area contributed by atoms with Gasteiger partial charge in [-0.25, -0.2) is 0 Å². The number of benzene rings is 1. The van der Waals surface area contributed by atoms with Gasteiger partial charge in [-0.15, -0.1) is 0 Å². The van der Waals surface area contributed by atoms with Gasteiger partial charge in [0.1, 0.15) is 5.75 Å². The van der Waals surface area contributed by atoms with E-state index < -0.39 is 0 Å². The smallest absolute Gasteiger partial charge is 0.309 e. The highest BCUT2D eigenvalue weighted by atomic mass is 79.9. The number of carbonyl (C=O) groups excluding carboxylic acids is 2. The molecule has 1 aromatic rings. The van der Waals surface area contributed by atoms with Crippen LogP contribution in [0.2, 0.25) is 0 Å². The molecule has 1 saturated heterocycles. The van der Waals surface area contributed by atoms with Crippen LogP contribution in [0, 0.1) is 5.92 Å². The molecular formula is C18H24BrNO4. The first kappa shape index (κ1) is 18.8. The van der Waals surface area contributed by atoms with Gasteiger partial charge in [0.05, 0.1) is 23.6 Å². The highest BCUT2D eigenvalue weighted by Gasteiger charge is 2.28. The molecule has 0 radical (unpaired) electrons. The lowest BCUT2D eigenvalue weighted by Crippen LogP contribution is -2.40. The van der Waals surface area contributed by atoms with E-state index in [1.807, 2.05) is 19.9 Å². The summed E-state index contributed by atoms with van der Waals surface area (Å²) >= 11 is 3.46. The summed E-state index contributed by atoms with van der Waals surface area (Å²) in [5.74, 6) is 0.491. The average Bonchev–Trinajstić information content (AvgIpc) is 2.60. The maximum absolute atomic E-state index is 12.6. The maximum atomic E-state index is 12.6. The van der Waals surface area contributed by atoms with E-state index in [9.17, 15) is 9.59 Å². The Bertz CT molecular complexity index is 582. The number of likely N-dealkylation sites (tertiary alicyclic amines) is 1. The van der Waals surface area contributed by atoms with Gasteiger partial charge >= 0.3 is 5.97 Å². The molecule has 132 valence electrons. The van der Waals surface area contributed by atoms with Gasteiger partial charge in [-0.2, -0.15) is 0 Å². The van der Waals surface area contributed by atoms with Crippen molar-refractivity contribution in [2.45, 2.75) is 33.1 Å². The number of esters is 1. The van der Waals surface area contributed by atoms with Crippen LogP contribution in [0.4, 0.5) is 0 Å². The lowest BCUT2D eigenvalue weighted by Gasteiger charge is -2.31. The minimum atomic E-state index is -0.148. The van der Waals surface area contributed by atoms with Gasteiger partial charge in [-0.05, 0) is 60.3 Å². The summed E-state index contributed by atoms with van der Waals surface area (Å²) in [5.41, 5.74) is 0.625. The van der Waals surface area contributed by atoms with Crippen molar-refractivity contribution in [2.75, 3.05) is 26.3 Å². The third-order valence-corrected chi connectivity index (χ3v) is 4.66. The SMILES string of the molecule is CCCOc1ccc(C(=O)N2CCC(C(=O)OCC)CC2)cc1Br. The molecule has 1 amide bonds. The highest BCUT2D eigenvalue weighted by Crippen LogP contribution is 2.27. The normalized spacial score (nSPS) is 15.2. The van der Waals surface area contributed by atoms with Crippen molar-refractivity contribution in [2.24, 2.45) is 5.92 Å². The van der Waals surface area contributed by atoms with Crippen LogP contribution in [0.3, 0.4) is 0 Å². The fourth-order valence-electron chi connectivity index (χ4n) is 2.72. The van der Waals surface area contributed by atoms with Gasteiger partial charge in [0.25, 0.3) is 5.91 Å². The van der Waals surface area contributed by atoms with E-state index in [2.05, 4.69) is 15.9 Å². The first-order valence-corrected chi connectivity index (χ1v) is 9.24. The Morgan fingerprint density at radius 3 is 2.54 bits per heavy atom. The van der Waals surface area contributed by atoms with E-state index in [-0.39, 0.29) is 17.8 Å². The number of hydrogen-bond acceptors (Lipinski definition) is 4. The molecular weight excluding hydrogens is 374 g/mol. The number of amides is 1. The molecule has 0 aromatic heterocycles. The molecule has 0 N–H and O–H groups in total. The van der Waals surface area contributed by atoms with Crippen LogP contribution < -0.4 is 4.74 Å². The molecule has 6 heteroatoms. The minimum absolute atomic E-state index is 0.0138. The van der Waals surface area contributed by atoms with Gasteiger partial charge in [-0.3, -0.25) is 9.59 Å². The summed E-state index contributed by atoms with van der Waals surface area (Å²) in [6, 6.07) is 5.40. The molecule has 1 heterocycles. The number of hydrogen-bond donors (Lipinski definition) is 0. The monoisotopic (exact) mass is 397 g/mol. The Balaban J connectivity index is 1.95. The van der Waals surface area contributed by atoms with Crippen LogP contribution in [0.1, 0.15) is 43.5 Å². The molecule has 1 fully saturated rings. The number of rotatable bonds is 6. The Hall–Kier alpha value is -1.56. The first-order chi connectivity index (χ1) is 11.6. The Morgan fingerprint density at radius 1 is 1.25 bits per heavy atom. The summed E-state index contributed by atoms with van der Waals surface area (Å²) < 4.78 is 11.4. The van der Waals surface area contributed by atoms with Gasteiger partial charge in [-0.1, -0.05) is 6.92 Å². The van der Waals surface area contributed by atoms with Crippen LogP contribution >= 0.6 is 15.9 Å². The van der Waals surface area contributed by atoms with E-state index in [0.717, 1.165) is 16.6 Å². The van der Waals surface area contributed by atoms with E-state index in [4.69, 9.17) is 9.47 Å². The summed E-state index contributed by atoms with van der Waals surface area (Å²) in [4.78, 5) is 26.2. The van der Waals surface area contributed by atoms with Crippen molar-refractivity contribution in [1.29, 1.82) is 0 Å². The molecule has 0 saturated carbocycles. The molecule has 0 bridgehead atoms. The van der Waals surface area contributed by atoms with Crippen molar-refractivity contribution < 1.29 is 19.1 Å². The second-order valence-corrected chi connectivity index (χ2v) is 6.67. The zero-order valence-electron chi connectivity index (χ0n) is 14.2. The molecule has 1 aliphatic heterocycles. The largest absolute Gasteiger partial charge is 0.492 e. The predicted octanol–water partition coefficient (Wildman–Crippen LogP) is 3.65. The van der Waals surface area contributed by atoms with E-state index in [0.29, 0.717) is 44.7 Å². The number of halogens is 1. The number of nitrogens with zero attached hydrogens (tertiary/aromatic N) is 1. The molecule has 1 aromatic carbocycles. The summed E-state index contributed by atoms with van der Waals surface area (Å²) in [6.07, 6.45) is 2.25. The van der Waals surface area contributed by atoms with Crippen molar-refractivity contribution in [3.8, 4) is 5.75 Å². The minimum Gasteiger partial charge on any atom is -0.492 e. The zero-order chi connectivity index (χ0) is 17.5. The van der Waals surface area contributed by atoms with Gasteiger partial charge < -0.3 is 14.4 Å². The van der Waals surface area contributed by atoms with Gasteiger partial charge in [0.2, 0.25) is 0 Å². The van der Waals surface area contributed by atoms with Crippen molar-refractivity contribution in [3.63, 3.8) is 0 Å². The molecule has 0 spiro atoms. The van der Waals surface area contributed by atoms with Crippen molar-refractivity contribution in [3.05, 3.63) is 28.2 Å². The molecule has 5 nitrogen and oxygen atoms in total. The number of ether oxygens (including phenoxy) is 2. The number of piperidine rings is 1. The zero-order valence-corrected chi connectivity index (χ0v) is 15.8. The fraction of sp³-hybridized carbons (Fsp3) is 0.556. The molecule has 24 heavy (non-hydrogen) atoms. The van der Waals surface area contributed by atoms with Crippen molar-refractivity contribution >= 4 is 27.8 Å². The molecule has 0 aliphatic carbocycles. The topological polar surface area (TPSA) is 55.8 Å². The molecule has 0 atom stereocenters. The second-order valence-electron chi connectivity index (χ2n) is 5.81. The second kappa shape index (κ2) is 9.06. The van der Waals surface area contributed by atoms with Crippen molar-refractivity contribution in [1.82, 2.24) is 4.90 Å². The highest BCUT2D eigenvalue weighted by molar-refractivity contribution is 9.10. The molecule has 0 unspecified atom stereocenters. The fourth-order valence-corrected chi connectivity index (χ4v) is 3.22. The van der Waals surface area contributed by atoms with E-state index in [1.54, 1.807) is 17.0 Å². The lowest BCUT2D eigenvalue weighted by molar-refractivity contribution is -0.149. The number of carbonyl (C=O) groups is 2. The van der Waals surface area contributed by atoms with Crippen LogP contribution in [0.5, 0.6) is 5.75 Å². The summed E-state index contributed by atoms with van der Waals surface area (Å²) in [6.45, 7) is 6.06. The van der Waals surface area contributed by atoms with E-state index >= 15 is 0 Å². The summed E-state index contributed by atoms with van der Waals surface area (Å²) in [5, 5.41) is 0. The van der Waals surface area contributed by atoms with Crippen LogP contribution in [0.25, 0.3) is 0 Å². The average molecular weight is 398 g/mol. The van der Waals surface area contributed by atoms with Crippen LogP contribution in [0.15, 0.2) is 22.7 Å². The first-order valence-electron chi connectivity index (χ1n) is 8.45. The third-order valence-electron chi connectivity index (χ3n) is 4.04. The van der Waals surface area contributed by atoms with Gasteiger partial charge in [0.15, 0.2) is 0 Å².